The standard InChI is InChI=1S/C30H31F3N6O3/c1-42-14-10-23(40)16-18-3-2-4-21(15-18)28-38-25(26-27(34)36-12-13-39(26)28)19-5-7-20(8-6-19)29(41)37-24-17-22(9-11-35-24)30(31,32)33/h5-9,11-13,17-18,21H,2-4,10,14-16H2,1H3,(H2,34,36)(H,35,37,41)/t18-,21+/m0/s1. The largest absolute Gasteiger partial charge is 0.416 e. The molecule has 220 valence electrons. The van der Waals surface area contributed by atoms with Gasteiger partial charge in [-0.05, 0) is 49.4 Å². The van der Waals surface area contributed by atoms with Crippen molar-refractivity contribution in [2.45, 2.75) is 50.6 Å². The number of benzene rings is 1. The number of fused-ring (bicyclic) bond motifs is 1. The number of hydrogen-bond donors (Lipinski definition) is 2. The summed E-state index contributed by atoms with van der Waals surface area (Å²) in [7, 11) is 1.59. The van der Waals surface area contributed by atoms with Crippen molar-refractivity contribution in [3.8, 4) is 11.3 Å². The molecule has 12 heteroatoms. The van der Waals surface area contributed by atoms with Gasteiger partial charge in [-0.25, -0.2) is 15.0 Å². The summed E-state index contributed by atoms with van der Waals surface area (Å²) < 4.78 is 46.1. The Morgan fingerprint density at radius 3 is 2.64 bits per heavy atom. The maximum Gasteiger partial charge on any atom is 0.416 e. The van der Waals surface area contributed by atoms with Gasteiger partial charge in [0, 0.05) is 55.6 Å². The number of nitrogen functional groups attached to an aromatic ring is 1. The number of ether oxygens (including phenoxy) is 1. The summed E-state index contributed by atoms with van der Waals surface area (Å²) >= 11 is 0. The molecule has 3 N–H and O–H groups in total. The van der Waals surface area contributed by atoms with E-state index < -0.39 is 17.6 Å². The predicted octanol–water partition coefficient (Wildman–Crippen LogP) is 5.91. The number of amides is 1. The van der Waals surface area contributed by atoms with Crippen molar-refractivity contribution in [2.75, 3.05) is 24.8 Å². The minimum absolute atomic E-state index is 0.132. The zero-order chi connectivity index (χ0) is 29.9. The van der Waals surface area contributed by atoms with Gasteiger partial charge in [0.1, 0.15) is 34.5 Å². The van der Waals surface area contributed by atoms with Gasteiger partial charge in [0.15, 0.2) is 0 Å². The summed E-state index contributed by atoms with van der Waals surface area (Å²) in [5.41, 5.74) is 7.60. The van der Waals surface area contributed by atoms with Crippen molar-refractivity contribution in [1.29, 1.82) is 0 Å². The topological polar surface area (TPSA) is 124 Å². The van der Waals surface area contributed by atoms with Crippen LogP contribution in [-0.4, -0.2) is 44.8 Å². The van der Waals surface area contributed by atoms with E-state index in [-0.39, 0.29) is 29.0 Å². The van der Waals surface area contributed by atoms with Gasteiger partial charge < -0.3 is 15.8 Å². The van der Waals surface area contributed by atoms with Gasteiger partial charge >= 0.3 is 6.18 Å². The van der Waals surface area contributed by atoms with Crippen molar-refractivity contribution in [3.05, 3.63) is 71.9 Å². The van der Waals surface area contributed by atoms with Gasteiger partial charge in [-0.3, -0.25) is 14.0 Å². The van der Waals surface area contributed by atoms with E-state index in [2.05, 4.69) is 15.3 Å². The Kier molecular flexibility index (Phi) is 8.53. The lowest BCUT2D eigenvalue weighted by Crippen LogP contribution is -2.19. The number of rotatable bonds is 9. The van der Waals surface area contributed by atoms with E-state index in [1.54, 1.807) is 37.6 Å². The number of nitrogens with zero attached hydrogens (tertiary/aromatic N) is 4. The lowest BCUT2D eigenvalue weighted by Gasteiger charge is -2.28. The highest BCUT2D eigenvalue weighted by molar-refractivity contribution is 6.04. The molecular formula is C30H31F3N6O3. The van der Waals surface area contributed by atoms with Crippen molar-refractivity contribution < 1.29 is 27.5 Å². The number of nitrogens with two attached hydrogens (primary N) is 1. The molecule has 1 saturated carbocycles. The van der Waals surface area contributed by atoms with Crippen LogP contribution in [0.15, 0.2) is 55.0 Å². The highest BCUT2D eigenvalue weighted by Gasteiger charge is 2.31. The number of ketones is 1. The molecule has 1 aliphatic carbocycles. The van der Waals surface area contributed by atoms with Gasteiger partial charge in [0.25, 0.3) is 5.91 Å². The molecule has 1 amide bonds. The number of imidazole rings is 1. The van der Waals surface area contributed by atoms with Gasteiger partial charge in [0.05, 0.1) is 12.2 Å². The number of carbonyl (C=O) groups excluding carboxylic acids is 2. The van der Waals surface area contributed by atoms with Crippen LogP contribution in [0.25, 0.3) is 16.8 Å². The fourth-order valence-corrected chi connectivity index (χ4v) is 5.57. The second kappa shape index (κ2) is 12.3. The number of aromatic nitrogens is 4. The molecule has 0 radical (unpaired) electrons. The van der Waals surface area contributed by atoms with Gasteiger partial charge in [0.2, 0.25) is 0 Å². The van der Waals surface area contributed by atoms with Crippen LogP contribution in [0, 0.1) is 5.92 Å². The summed E-state index contributed by atoms with van der Waals surface area (Å²) in [5, 5.41) is 2.41. The molecule has 1 fully saturated rings. The molecule has 0 bridgehead atoms. The van der Waals surface area contributed by atoms with E-state index in [1.165, 1.54) is 0 Å². The Labute approximate surface area is 240 Å². The first-order chi connectivity index (χ1) is 20.1. The molecule has 5 rings (SSSR count). The number of hydrogen-bond acceptors (Lipinski definition) is 7. The predicted molar refractivity (Wildman–Crippen MR) is 151 cm³/mol. The van der Waals surface area contributed by atoms with E-state index in [9.17, 15) is 22.8 Å². The third-order valence-corrected chi connectivity index (χ3v) is 7.61. The Morgan fingerprint density at radius 1 is 1.12 bits per heavy atom. The summed E-state index contributed by atoms with van der Waals surface area (Å²) in [6.45, 7) is 0.429. The van der Waals surface area contributed by atoms with Crippen LogP contribution in [0.4, 0.5) is 24.8 Å². The van der Waals surface area contributed by atoms with Gasteiger partial charge in [-0.15, -0.1) is 0 Å². The maximum atomic E-state index is 13.0. The fourth-order valence-electron chi connectivity index (χ4n) is 5.57. The third kappa shape index (κ3) is 6.43. The molecule has 1 aliphatic rings. The Bertz CT molecular complexity index is 1590. The minimum Gasteiger partial charge on any atom is -0.384 e. The molecule has 42 heavy (non-hydrogen) atoms. The molecule has 9 nitrogen and oxygen atoms in total. The highest BCUT2D eigenvalue weighted by Crippen LogP contribution is 2.40. The van der Waals surface area contributed by atoms with Crippen LogP contribution in [0.2, 0.25) is 0 Å². The lowest BCUT2D eigenvalue weighted by atomic mass is 9.78. The molecule has 0 aliphatic heterocycles. The Hall–Kier alpha value is -4.32. The molecule has 3 aromatic heterocycles. The Morgan fingerprint density at radius 2 is 1.90 bits per heavy atom. The fraction of sp³-hybridized carbons (Fsp3) is 0.367. The smallest absolute Gasteiger partial charge is 0.384 e. The number of anilines is 2. The molecule has 0 saturated heterocycles. The lowest BCUT2D eigenvalue weighted by molar-refractivity contribution is -0.137. The van der Waals surface area contributed by atoms with E-state index in [1.807, 2.05) is 10.6 Å². The van der Waals surface area contributed by atoms with Crippen LogP contribution in [0.1, 0.15) is 66.2 Å². The molecule has 1 aromatic carbocycles. The zero-order valence-corrected chi connectivity index (χ0v) is 23.0. The van der Waals surface area contributed by atoms with E-state index >= 15 is 0 Å². The van der Waals surface area contributed by atoms with E-state index in [4.69, 9.17) is 15.5 Å². The van der Waals surface area contributed by atoms with Crippen molar-refractivity contribution in [3.63, 3.8) is 0 Å². The number of pyridine rings is 1. The summed E-state index contributed by atoms with van der Waals surface area (Å²) in [4.78, 5) is 38.2. The van der Waals surface area contributed by atoms with E-state index in [0.717, 1.165) is 49.8 Å². The first-order valence-corrected chi connectivity index (χ1v) is 13.7. The molecular weight excluding hydrogens is 549 g/mol. The van der Waals surface area contributed by atoms with Crippen LogP contribution in [0.3, 0.4) is 0 Å². The van der Waals surface area contributed by atoms with Crippen molar-refractivity contribution >= 4 is 28.8 Å². The first-order valence-electron chi connectivity index (χ1n) is 13.7. The van der Waals surface area contributed by atoms with Crippen LogP contribution < -0.4 is 11.1 Å². The van der Waals surface area contributed by atoms with Crippen molar-refractivity contribution in [2.24, 2.45) is 5.92 Å². The SMILES string of the molecule is COCCC(=O)C[C@H]1CCC[C@@H](c2nc(-c3ccc(C(=O)Nc4cc(C(F)(F)F)ccn4)cc3)c3c(N)nccn23)C1. The first kappa shape index (κ1) is 29.2. The van der Waals surface area contributed by atoms with Crippen LogP contribution >= 0.6 is 0 Å². The Balaban J connectivity index is 1.37. The van der Waals surface area contributed by atoms with Gasteiger partial charge in [-0.2, -0.15) is 13.2 Å². The highest BCUT2D eigenvalue weighted by atomic mass is 19.4. The second-order valence-electron chi connectivity index (χ2n) is 10.5. The molecule has 0 unspecified atom stereocenters. The molecule has 3 heterocycles. The average Bonchev–Trinajstić information content (AvgIpc) is 3.37. The number of methoxy groups -OCH3 is 1. The van der Waals surface area contributed by atoms with Crippen LogP contribution in [0.5, 0.6) is 0 Å². The quantitative estimate of drug-likeness (QED) is 0.252. The number of alkyl halides is 3. The second-order valence-corrected chi connectivity index (χ2v) is 10.5. The third-order valence-electron chi connectivity index (χ3n) is 7.61. The van der Waals surface area contributed by atoms with Crippen molar-refractivity contribution in [1.82, 2.24) is 19.4 Å². The molecule has 4 aromatic rings. The van der Waals surface area contributed by atoms with Crippen LogP contribution in [-0.2, 0) is 15.7 Å². The van der Waals surface area contributed by atoms with Gasteiger partial charge in [-0.1, -0.05) is 18.6 Å². The zero-order valence-electron chi connectivity index (χ0n) is 23.0. The molecule has 0 spiro atoms. The average molecular weight is 581 g/mol. The number of Topliss-reactive ketones (excluding diaryl/α,β-unsaturated/α-hetero) is 1. The molecule has 2 atom stereocenters. The number of halogens is 3. The number of carbonyl (C=O) groups is 2. The van der Waals surface area contributed by atoms with E-state index in [0.29, 0.717) is 42.0 Å². The number of nitrogens with one attached hydrogen (secondary N) is 1. The minimum atomic E-state index is -4.55. The monoisotopic (exact) mass is 580 g/mol. The maximum absolute atomic E-state index is 13.0. The summed E-state index contributed by atoms with van der Waals surface area (Å²) in [5.74, 6) is 0.968. The summed E-state index contributed by atoms with van der Waals surface area (Å²) in [6, 6.07) is 8.18. The summed E-state index contributed by atoms with van der Waals surface area (Å²) in [6.07, 6.45) is 4.60. The normalized spacial score (nSPS) is 17.3.